The van der Waals surface area contributed by atoms with Crippen LogP contribution in [0.3, 0.4) is 0 Å². The van der Waals surface area contributed by atoms with E-state index in [4.69, 9.17) is 5.73 Å². The number of hydrogen-bond acceptors (Lipinski definition) is 5. The molecule has 0 saturated carbocycles. The van der Waals surface area contributed by atoms with Crippen LogP contribution in [-0.4, -0.2) is 42.4 Å². The van der Waals surface area contributed by atoms with Crippen molar-refractivity contribution in [3.05, 3.63) is 36.7 Å². The van der Waals surface area contributed by atoms with Crippen molar-refractivity contribution in [2.45, 2.75) is 25.5 Å². The van der Waals surface area contributed by atoms with Crippen molar-refractivity contribution in [3.63, 3.8) is 0 Å². The van der Waals surface area contributed by atoms with Crippen LogP contribution in [-0.2, 0) is 0 Å². The smallest absolute Gasteiger partial charge is 0.387 e. The van der Waals surface area contributed by atoms with E-state index in [1.54, 1.807) is 24.3 Å². The number of hydrazine groups is 1. The topological polar surface area (TPSA) is 45.0 Å². The summed E-state index contributed by atoms with van der Waals surface area (Å²) in [5.41, 5.74) is 6.86. The Kier molecular flexibility index (Phi) is 4.44. The molecule has 2 aliphatic heterocycles. The summed E-state index contributed by atoms with van der Waals surface area (Å²) in [5.74, 6) is 0.170. The quantitative estimate of drug-likeness (QED) is 0.923. The fraction of sp³-hybridized carbons (Fsp3) is 0.467. The number of halogens is 2. The summed E-state index contributed by atoms with van der Waals surface area (Å²) in [4.78, 5) is 2.06. The van der Waals surface area contributed by atoms with Gasteiger partial charge in [-0.15, -0.1) is 0 Å². The zero-order chi connectivity index (χ0) is 15.5. The van der Waals surface area contributed by atoms with Gasteiger partial charge in [-0.25, -0.2) is 5.01 Å². The zero-order valence-electron chi connectivity index (χ0n) is 12.2. The maximum absolute atomic E-state index is 12.1. The van der Waals surface area contributed by atoms with Crippen LogP contribution in [0.1, 0.15) is 12.8 Å². The average molecular weight is 310 g/mol. The summed E-state index contributed by atoms with van der Waals surface area (Å²) < 4.78 is 28.6. The zero-order valence-corrected chi connectivity index (χ0v) is 12.2. The third-order valence-corrected chi connectivity index (χ3v) is 3.99. The molecule has 1 aromatic carbocycles. The van der Waals surface area contributed by atoms with Crippen LogP contribution in [0, 0.1) is 0 Å². The highest BCUT2D eigenvalue weighted by Crippen LogP contribution is 2.25. The number of nitrogens with two attached hydrogens (primary N) is 1. The number of benzene rings is 1. The molecule has 1 saturated heterocycles. The first-order valence-corrected chi connectivity index (χ1v) is 7.39. The van der Waals surface area contributed by atoms with E-state index in [2.05, 4.69) is 19.7 Å². The van der Waals surface area contributed by atoms with Crippen molar-refractivity contribution in [1.82, 2.24) is 10.0 Å². The highest BCUT2D eigenvalue weighted by atomic mass is 19.3. The first-order chi connectivity index (χ1) is 10.6. The molecule has 0 bridgehead atoms. The second-order valence-corrected chi connectivity index (χ2v) is 5.51. The van der Waals surface area contributed by atoms with Gasteiger partial charge in [-0.2, -0.15) is 8.78 Å². The van der Waals surface area contributed by atoms with Gasteiger partial charge >= 0.3 is 6.61 Å². The van der Waals surface area contributed by atoms with Gasteiger partial charge in [0.1, 0.15) is 12.4 Å². The minimum atomic E-state index is -2.79. The molecule has 22 heavy (non-hydrogen) atoms. The van der Waals surface area contributed by atoms with Crippen LogP contribution in [0.2, 0.25) is 0 Å². The molecule has 3 rings (SSSR count). The van der Waals surface area contributed by atoms with Gasteiger partial charge in [-0.3, -0.25) is 5.01 Å². The molecular weight excluding hydrogens is 290 g/mol. The van der Waals surface area contributed by atoms with Gasteiger partial charge in [0.2, 0.25) is 0 Å². The van der Waals surface area contributed by atoms with Crippen molar-refractivity contribution < 1.29 is 13.5 Å². The van der Waals surface area contributed by atoms with Gasteiger partial charge in [0, 0.05) is 37.2 Å². The Bertz CT molecular complexity index is 515. The van der Waals surface area contributed by atoms with Crippen LogP contribution in [0.4, 0.5) is 14.5 Å². The number of hydrogen-bond donors (Lipinski definition) is 1. The maximum Gasteiger partial charge on any atom is 0.387 e. The van der Waals surface area contributed by atoms with E-state index in [0.717, 1.165) is 31.6 Å². The summed E-state index contributed by atoms with van der Waals surface area (Å²) >= 11 is 0. The number of piperidine rings is 1. The molecule has 120 valence electrons. The molecule has 2 aliphatic rings. The van der Waals surface area contributed by atoms with Gasteiger partial charge in [0.25, 0.3) is 0 Å². The second-order valence-electron chi connectivity index (χ2n) is 5.51. The van der Waals surface area contributed by atoms with Gasteiger partial charge in [0.05, 0.1) is 0 Å². The van der Waals surface area contributed by atoms with E-state index in [0.29, 0.717) is 12.7 Å². The number of anilines is 1. The summed E-state index contributed by atoms with van der Waals surface area (Å²) in [6.07, 6.45) is 6.02. The third-order valence-electron chi connectivity index (χ3n) is 3.99. The first kappa shape index (κ1) is 15.1. The molecule has 0 atom stereocenters. The van der Waals surface area contributed by atoms with E-state index < -0.39 is 6.61 Å². The number of alkyl halides is 2. The fourth-order valence-corrected chi connectivity index (χ4v) is 2.72. The molecule has 2 heterocycles. The molecule has 0 amide bonds. The SMILES string of the molecule is NC1CCN(N2C=CN(c3ccc(OC(F)F)cc3)C2)CC1. The van der Waals surface area contributed by atoms with Crippen molar-refractivity contribution >= 4 is 5.69 Å². The Balaban J connectivity index is 1.57. The molecule has 2 N–H and O–H groups in total. The predicted octanol–water partition coefficient (Wildman–Crippen LogP) is 2.18. The molecule has 0 aliphatic carbocycles. The Morgan fingerprint density at radius 2 is 1.77 bits per heavy atom. The standard InChI is InChI=1S/C15H20F2N4O/c16-15(17)22-14-3-1-13(2-4-14)19-9-10-21(11-19)20-7-5-12(18)6-8-20/h1-4,9-10,12,15H,5-8,11,18H2. The number of rotatable bonds is 4. The van der Waals surface area contributed by atoms with Gasteiger partial charge < -0.3 is 15.4 Å². The molecule has 0 aromatic heterocycles. The third kappa shape index (κ3) is 3.48. The molecule has 0 unspecified atom stereocenters. The van der Waals surface area contributed by atoms with Crippen LogP contribution >= 0.6 is 0 Å². The largest absolute Gasteiger partial charge is 0.435 e. The lowest BCUT2D eigenvalue weighted by Crippen LogP contribution is -2.48. The maximum atomic E-state index is 12.1. The summed E-state index contributed by atoms with van der Waals surface area (Å²) in [6, 6.07) is 6.96. The molecule has 0 radical (unpaired) electrons. The van der Waals surface area contributed by atoms with Crippen molar-refractivity contribution in [1.29, 1.82) is 0 Å². The minimum Gasteiger partial charge on any atom is -0.435 e. The number of ether oxygens (including phenoxy) is 1. The van der Waals surface area contributed by atoms with E-state index in [1.165, 1.54) is 0 Å². The van der Waals surface area contributed by atoms with E-state index in [-0.39, 0.29) is 5.75 Å². The lowest BCUT2D eigenvalue weighted by molar-refractivity contribution is -0.0498. The van der Waals surface area contributed by atoms with Crippen molar-refractivity contribution in [2.24, 2.45) is 5.73 Å². The fourth-order valence-electron chi connectivity index (χ4n) is 2.72. The van der Waals surface area contributed by atoms with Gasteiger partial charge in [-0.05, 0) is 37.1 Å². The van der Waals surface area contributed by atoms with Crippen LogP contribution in [0.15, 0.2) is 36.7 Å². The summed E-state index contributed by atoms with van der Waals surface area (Å²) in [5, 5.41) is 4.45. The van der Waals surface area contributed by atoms with Crippen LogP contribution in [0.25, 0.3) is 0 Å². The average Bonchev–Trinajstić information content (AvgIpc) is 2.98. The molecule has 5 nitrogen and oxygen atoms in total. The minimum absolute atomic E-state index is 0.170. The molecule has 1 fully saturated rings. The highest BCUT2D eigenvalue weighted by Gasteiger charge is 2.23. The Morgan fingerprint density at radius 1 is 1.09 bits per heavy atom. The van der Waals surface area contributed by atoms with Crippen molar-refractivity contribution in [3.8, 4) is 5.75 Å². The van der Waals surface area contributed by atoms with Crippen LogP contribution < -0.4 is 15.4 Å². The Morgan fingerprint density at radius 3 is 2.41 bits per heavy atom. The monoisotopic (exact) mass is 310 g/mol. The predicted molar refractivity (Wildman–Crippen MR) is 80.2 cm³/mol. The van der Waals surface area contributed by atoms with Gasteiger partial charge in [0.15, 0.2) is 0 Å². The van der Waals surface area contributed by atoms with Crippen LogP contribution in [0.5, 0.6) is 5.75 Å². The first-order valence-electron chi connectivity index (χ1n) is 7.39. The molecule has 0 spiro atoms. The lowest BCUT2D eigenvalue weighted by Gasteiger charge is -2.37. The Hall–Kier alpha value is -1.86. The molecule has 7 heteroatoms. The van der Waals surface area contributed by atoms with Gasteiger partial charge in [-0.1, -0.05) is 0 Å². The Labute approximate surface area is 128 Å². The highest BCUT2D eigenvalue weighted by molar-refractivity contribution is 5.52. The molecule has 1 aromatic rings. The van der Waals surface area contributed by atoms with E-state index in [9.17, 15) is 8.78 Å². The normalized spacial score (nSPS) is 20.2. The summed E-state index contributed by atoms with van der Waals surface area (Å²) in [6.45, 7) is -0.163. The van der Waals surface area contributed by atoms with E-state index >= 15 is 0 Å². The summed E-state index contributed by atoms with van der Waals surface area (Å²) in [7, 11) is 0. The lowest BCUT2D eigenvalue weighted by atomic mass is 10.1. The second kappa shape index (κ2) is 6.50. The van der Waals surface area contributed by atoms with Crippen molar-refractivity contribution in [2.75, 3.05) is 24.7 Å². The number of nitrogens with zero attached hydrogens (tertiary/aromatic N) is 3. The van der Waals surface area contributed by atoms with E-state index in [1.807, 2.05) is 12.4 Å². The molecular formula is C15H20F2N4O.